The molecular weight excluding hydrogens is 609 g/mol. The Bertz CT molecular complexity index is 1720. The first-order valence-corrected chi connectivity index (χ1v) is 12.9. The van der Waals surface area contributed by atoms with Gasteiger partial charge >= 0.3 is 5.69 Å². The quantitative estimate of drug-likeness (QED) is 0.150. The van der Waals surface area contributed by atoms with Gasteiger partial charge in [0, 0.05) is 32.2 Å². The normalized spacial score (nSPS) is 11.7. The first kappa shape index (κ1) is 28.8. The van der Waals surface area contributed by atoms with Crippen molar-refractivity contribution in [1.82, 2.24) is 9.66 Å². The van der Waals surface area contributed by atoms with Gasteiger partial charge in [-0.25, -0.2) is 9.37 Å². The van der Waals surface area contributed by atoms with Crippen molar-refractivity contribution in [2.45, 2.75) is 26.2 Å². The Hall–Kier alpha value is -4.16. The predicted octanol–water partition coefficient (Wildman–Crippen LogP) is 6.06. The second kappa shape index (κ2) is 11.5. The van der Waals surface area contributed by atoms with Crippen molar-refractivity contribution in [3.8, 4) is 5.75 Å². The van der Waals surface area contributed by atoms with Gasteiger partial charge in [-0.1, -0.05) is 48.3 Å². The molecule has 1 amide bonds. The molecule has 0 saturated carbocycles. The molecule has 206 valence electrons. The molecule has 13 heteroatoms. The molecule has 1 N–H and O–H groups in total. The molecule has 0 bridgehead atoms. The first-order valence-electron chi connectivity index (χ1n) is 11.8. The lowest BCUT2D eigenvalue weighted by atomic mass is 9.95. The van der Waals surface area contributed by atoms with E-state index in [-0.39, 0.29) is 16.3 Å². The Morgan fingerprint density at radius 3 is 2.58 bits per heavy atom. The maximum Gasteiger partial charge on any atom is 0.313 e. The highest BCUT2D eigenvalue weighted by Gasteiger charge is 2.24. The van der Waals surface area contributed by atoms with Gasteiger partial charge < -0.3 is 10.1 Å². The largest absolute Gasteiger partial charge is 0.476 e. The zero-order chi connectivity index (χ0) is 29.2. The van der Waals surface area contributed by atoms with Gasteiger partial charge in [0.05, 0.1) is 22.0 Å². The van der Waals surface area contributed by atoms with Crippen molar-refractivity contribution in [1.29, 1.82) is 0 Å². The Balaban J connectivity index is 1.75. The molecule has 4 aromatic rings. The second-order valence-corrected chi connectivity index (χ2v) is 11.0. The lowest BCUT2D eigenvalue weighted by Crippen LogP contribution is -2.29. The number of benzene rings is 3. The lowest BCUT2D eigenvalue weighted by molar-refractivity contribution is -0.385. The van der Waals surface area contributed by atoms with Crippen LogP contribution < -0.4 is 15.6 Å². The Kier molecular flexibility index (Phi) is 8.31. The lowest BCUT2D eigenvalue weighted by Gasteiger charge is -2.21. The third-order valence-electron chi connectivity index (χ3n) is 5.53. The number of carbonyl (C=O) groups is 1. The smallest absolute Gasteiger partial charge is 0.313 e. The van der Waals surface area contributed by atoms with Crippen LogP contribution in [0.4, 0.5) is 15.8 Å². The van der Waals surface area contributed by atoms with Crippen LogP contribution in [0.25, 0.3) is 10.9 Å². The number of halogens is 3. The average Bonchev–Trinajstić information content (AvgIpc) is 2.88. The van der Waals surface area contributed by atoms with Crippen molar-refractivity contribution in [3.05, 3.63) is 102 Å². The summed E-state index contributed by atoms with van der Waals surface area (Å²) in [6, 6.07) is 12.6. The molecule has 0 saturated heterocycles. The third kappa shape index (κ3) is 6.52. The molecule has 0 aliphatic rings. The highest BCUT2D eigenvalue weighted by atomic mass is 79.9. The minimum atomic E-state index is -0.710. The monoisotopic (exact) mass is 629 g/mol. The van der Waals surface area contributed by atoms with Gasteiger partial charge in [0.1, 0.15) is 11.6 Å². The van der Waals surface area contributed by atoms with Crippen molar-refractivity contribution in [3.63, 3.8) is 0 Å². The number of amides is 1. The maximum absolute atomic E-state index is 13.5. The van der Waals surface area contributed by atoms with Crippen LogP contribution >= 0.6 is 27.5 Å². The Morgan fingerprint density at radius 2 is 1.93 bits per heavy atom. The van der Waals surface area contributed by atoms with Gasteiger partial charge in [-0.2, -0.15) is 9.78 Å². The van der Waals surface area contributed by atoms with E-state index in [0.717, 1.165) is 10.7 Å². The number of aromatic nitrogens is 2. The molecule has 0 aliphatic carbocycles. The molecular formula is C27H22BrClFN5O5. The summed E-state index contributed by atoms with van der Waals surface area (Å²) in [6.45, 7) is 4.98. The summed E-state index contributed by atoms with van der Waals surface area (Å²) < 4.78 is 20.5. The molecule has 1 aromatic heterocycles. The van der Waals surface area contributed by atoms with E-state index >= 15 is 0 Å². The number of anilines is 1. The van der Waals surface area contributed by atoms with Crippen molar-refractivity contribution in [2.24, 2.45) is 5.10 Å². The van der Waals surface area contributed by atoms with Gasteiger partial charge in [0.15, 0.2) is 6.61 Å². The summed E-state index contributed by atoms with van der Waals surface area (Å²) in [6.07, 6.45) is 1.19. The maximum atomic E-state index is 13.5. The van der Waals surface area contributed by atoms with Crippen LogP contribution in [0.3, 0.4) is 0 Å². The van der Waals surface area contributed by atoms with Crippen LogP contribution in [-0.2, 0) is 10.2 Å². The summed E-state index contributed by atoms with van der Waals surface area (Å²) >= 11 is 9.50. The Morgan fingerprint density at radius 1 is 1.23 bits per heavy atom. The minimum absolute atomic E-state index is 0.0141. The molecule has 1 heterocycles. The van der Waals surface area contributed by atoms with E-state index in [4.69, 9.17) is 16.3 Å². The number of ether oxygens (including phenoxy) is 1. The van der Waals surface area contributed by atoms with E-state index < -0.39 is 39.9 Å². The number of nitrogens with zero attached hydrogens (tertiary/aromatic N) is 4. The van der Waals surface area contributed by atoms with Gasteiger partial charge in [-0.05, 0) is 48.5 Å². The van der Waals surface area contributed by atoms with E-state index in [9.17, 15) is 24.1 Å². The highest BCUT2D eigenvalue weighted by molar-refractivity contribution is 9.10. The first-order chi connectivity index (χ1) is 18.8. The van der Waals surface area contributed by atoms with E-state index in [0.29, 0.717) is 26.9 Å². The second-order valence-electron chi connectivity index (χ2n) is 9.65. The number of carbonyl (C=O) groups excluding carboxylic acids is 1. The SMILES string of the molecule is CC(C)(C)c1nc2ccc(Br)cc2c(=O)n1N=Cc1cc(Cl)cc([N+](=O)[O-])c1OCC(=O)Nc1ccc(F)cc1. The summed E-state index contributed by atoms with van der Waals surface area (Å²) in [5.74, 6) is -1.05. The van der Waals surface area contributed by atoms with E-state index in [2.05, 4.69) is 31.3 Å². The fourth-order valence-electron chi connectivity index (χ4n) is 3.72. The molecule has 0 fully saturated rings. The number of nitro benzene ring substituents is 1. The van der Waals surface area contributed by atoms with E-state index in [1.165, 1.54) is 36.5 Å². The van der Waals surface area contributed by atoms with Crippen LogP contribution in [-0.4, -0.2) is 33.3 Å². The number of hydrogen-bond acceptors (Lipinski definition) is 7. The zero-order valence-electron chi connectivity index (χ0n) is 21.4. The third-order valence-corrected chi connectivity index (χ3v) is 6.24. The number of rotatable bonds is 7. The van der Waals surface area contributed by atoms with Crippen LogP contribution in [0, 0.1) is 15.9 Å². The van der Waals surface area contributed by atoms with Gasteiger partial charge in [0.25, 0.3) is 11.5 Å². The Labute approximate surface area is 240 Å². The fourth-order valence-corrected chi connectivity index (χ4v) is 4.30. The standard InChI is InChI=1S/C27H22BrClFN5O5/c1-27(2,3)26-33-21-9-4-16(28)11-20(21)25(37)34(26)31-13-15-10-17(29)12-22(35(38)39)24(15)40-14-23(36)32-19-7-5-18(30)6-8-19/h4-13H,14H2,1-3H3,(H,32,36). The predicted molar refractivity (Wildman–Crippen MR) is 154 cm³/mol. The topological polar surface area (TPSA) is 129 Å². The summed E-state index contributed by atoms with van der Waals surface area (Å²) in [4.78, 5) is 41.6. The number of fused-ring (bicyclic) bond motifs is 1. The van der Waals surface area contributed by atoms with Crippen molar-refractivity contribution < 1.29 is 18.8 Å². The highest BCUT2D eigenvalue weighted by Crippen LogP contribution is 2.34. The van der Waals surface area contributed by atoms with Gasteiger partial charge in [-0.15, -0.1) is 0 Å². The molecule has 3 aromatic carbocycles. The fraction of sp³-hybridized carbons (Fsp3) is 0.185. The van der Waals surface area contributed by atoms with Crippen LogP contribution in [0.5, 0.6) is 5.75 Å². The van der Waals surface area contributed by atoms with E-state index in [1.54, 1.807) is 18.2 Å². The molecule has 0 atom stereocenters. The summed E-state index contributed by atoms with van der Waals surface area (Å²) in [5, 5.41) is 19.0. The zero-order valence-corrected chi connectivity index (χ0v) is 23.8. The molecule has 0 unspecified atom stereocenters. The van der Waals surface area contributed by atoms with E-state index in [1.807, 2.05) is 20.8 Å². The average molecular weight is 631 g/mol. The number of nitro groups is 1. The van der Waals surface area contributed by atoms with Crippen LogP contribution in [0.15, 0.2) is 69.0 Å². The van der Waals surface area contributed by atoms with Crippen molar-refractivity contribution in [2.75, 3.05) is 11.9 Å². The van der Waals surface area contributed by atoms with Gasteiger partial charge in [0.2, 0.25) is 5.75 Å². The molecule has 0 radical (unpaired) electrons. The molecule has 4 rings (SSSR count). The van der Waals surface area contributed by atoms with Crippen LogP contribution in [0.1, 0.15) is 32.2 Å². The molecule has 0 spiro atoms. The molecule has 0 aliphatic heterocycles. The number of nitrogens with one attached hydrogen (secondary N) is 1. The van der Waals surface area contributed by atoms with Crippen molar-refractivity contribution >= 4 is 61.9 Å². The molecule has 40 heavy (non-hydrogen) atoms. The summed E-state index contributed by atoms with van der Waals surface area (Å²) in [5.41, 5.74) is -0.714. The summed E-state index contributed by atoms with van der Waals surface area (Å²) in [7, 11) is 0. The minimum Gasteiger partial charge on any atom is -0.476 e. The number of hydrogen-bond donors (Lipinski definition) is 1. The molecule has 10 nitrogen and oxygen atoms in total. The van der Waals surface area contributed by atoms with Crippen LogP contribution in [0.2, 0.25) is 5.02 Å². The van der Waals surface area contributed by atoms with Gasteiger partial charge in [-0.3, -0.25) is 19.7 Å².